The molecule has 0 aliphatic carbocycles. The van der Waals surface area contributed by atoms with Gasteiger partial charge < -0.3 is 4.23 Å². The van der Waals surface area contributed by atoms with Gasteiger partial charge in [0.2, 0.25) is 0 Å². The Morgan fingerprint density at radius 2 is 1.48 bits per heavy atom. The number of fused-ring (bicyclic) bond motifs is 1. The third-order valence-electron chi connectivity index (χ3n) is 5.35. The Morgan fingerprint density at radius 1 is 0.905 bits per heavy atom. The van der Waals surface area contributed by atoms with Gasteiger partial charge in [0.25, 0.3) is 0 Å². The Balaban J connectivity index is 2.71. The lowest BCUT2D eigenvalue weighted by Crippen LogP contribution is -2.51. The fourth-order valence-corrected chi connectivity index (χ4v) is 11.2. The van der Waals surface area contributed by atoms with Crippen LogP contribution >= 0.6 is 0 Å². The molecule has 0 radical (unpaired) electrons. The van der Waals surface area contributed by atoms with Crippen molar-refractivity contribution in [3.63, 3.8) is 0 Å². The summed E-state index contributed by atoms with van der Waals surface area (Å²) in [6, 6.07) is 9.34. The molecule has 0 unspecified atom stereocenters. The summed E-state index contributed by atoms with van der Waals surface area (Å²) in [6.45, 7) is 16.8. The van der Waals surface area contributed by atoms with E-state index in [9.17, 15) is 0 Å². The summed E-state index contributed by atoms with van der Waals surface area (Å²) in [6.07, 6.45) is 3.48. The quantitative estimate of drug-likeness (QED) is 0.577. The largest absolute Gasteiger partial charge is 0.373 e. The zero-order chi connectivity index (χ0) is 15.8. The van der Waals surface area contributed by atoms with E-state index in [-0.39, 0.29) is 0 Å². The van der Waals surface area contributed by atoms with Crippen molar-refractivity contribution < 1.29 is 0 Å². The van der Waals surface area contributed by atoms with Crippen LogP contribution in [0.2, 0.25) is 16.6 Å². The first kappa shape index (κ1) is 16.3. The van der Waals surface area contributed by atoms with Crippen LogP contribution in [0, 0.1) is 0 Å². The second kappa shape index (κ2) is 6.00. The maximum Gasteiger partial charge on any atom is 0.169 e. The molecule has 2 rings (SSSR count). The SMILES string of the molecule is CCc1ccc2c(ccn2[Si](C(C)C)(C(C)C)C(C)C)c1. The lowest BCUT2D eigenvalue weighted by molar-refractivity contribution is 0.773. The third kappa shape index (κ3) is 2.48. The molecular formula is C19H31NSi. The molecule has 0 atom stereocenters. The maximum absolute atomic E-state index is 2.70. The average Bonchev–Trinajstić information content (AvgIpc) is 2.81. The molecule has 0 spiro atoms. The highest BCUT2D eigenvalue weighted by Gasteiger charge is 2.45. The molecule has 116 valence electrons. The highest BCUT2D eigenvalue weighted by Crippen LogP contribution is 2.44. The van der Waals surface area contributed by atoms with Crippen molar-refractivity contribution >= 4 is 19.1 Å². The summed E-state index contributed by atoms with van der Waals surface area (Å²) in [5.74, 6) is 0. The van der Waals surface area contributed by atoms with Crippen molar-refractivity contribution in [2.75, 3.05) is 0 Å². The molecule has 0 aliphatic rings. The van der Waals surface area contributed by atoms with Crippen LogP contribution in [-0.4, -0.2) is 12.5 Å². The van der Waals surface area contributed by atoms with Gasteiger partial charge in [0.15, 0.2) is 8.24 Å². The van der Waals surface area contributed by atoms with E-state index in [0.717, 1.165) is 23.0 Å². The lowest BCUT2D eigenvalue weighted by atomic mass is 10.1. The zero-order valence-corrected chi connectivity index (χ0v) is 15.8. The Labute approximate surface area is 131 Å². The summed E-state index contributed by atoms with van der Waals surface area (Å²) >= 11 is 0. The van der Waals surface area contributed by atoms with Crippen molar-refractivity contribution in [3.8, 4) is 0 Å². The number of rotatable bonds is 5. The van der Waals surface area contributed by atoms with Crippen LogP contribution in [0.15, 0.2) is 30.5 Å². The van der Waals surface area contributed by atoms with Gasteiger partial charge in [-0.25, -0.2) is 0 Å². The predicted octanol–water partition coefficient (Wildman–Crippen LogP) is 6.23. The Kier molecular flexibility index (Phi) is 4.67. The first-order chi connectivity index (χ1) is 9.85. The Morgan fingerprint density at radius 3 is 1.95 bits per heavy atom. The van der Waals surface area contributed by atoms with Gasteiger partial charge in [-0.2, -0.15) is 0 Å². The van der Waals surface area contributed by atoms with E-state index in [1.165, 1.54) is 16.5 Å². The zero-order valence-electron chi connectivity index (χ0n) is 14.8. The van der Waals surface area contributed by atoms with Crippen molar-refractivity contribution in [3.05, 3.63) is 36.0 Å². The minimum Gasteiger partial charge on any atom is -0.373 e. The third-order valence-corrected chi connectivity index (χ3v) is 12.1. The standard InChI is InChI=1S/C19H31NSi/c1-8-17-9-10-19-18(13-17)11-12-20(19)21(14(2)3,15(4)5)16(6)7/h9-16H,8H2,1-7H3. The number of hydrogen-bond acceptors (Lipinski definition) is 0. The number of nitrogens with zero attached hydrogens (tertiary/aromatic N) is 1. The average molecular weight is 302 g/mol. The lowest BCUT2D eigenvalue weighted by Gasteiger charge is -2.44. The second-order valence-electron chi connectivity index (χ2n) is 7.28. The molecule has 0 fully saturated rings. The van der Waals surface area contributed by atoms with Crippen LogP contribution in [-0.2, 0) is 6.42 Å². The van der Waals surface area contributed by atoms with Crippen LogP contribution in [0.3, 0.4) is 0 Å². The van der Waals surface area contributed by atoms with Crippen LogP contribution < -0.4 is 0 Å². The van der Waals surface area contributed by atoms with Gasteiger partial charge in [-0.05, 0) is 58.4 Å². The normalized spacial score (nSPS) is 13.0. The van der Waals surface area contributed by atoms with Crippen LogP contribution in [0.25, 0.3) is 10.9 Å². The van der Waals surface area contributed by atoms with E-state index in [0.29, 0.717) is 0 Å². The van der Waals surface area contributed by atoms with Gasteiger partial charge in [0.1, 0.15) is 0 Å². The predicted molar refractivity (Wildman–Crippen MR) is 97.8 cm³/mol. The van der Waals surface area contributed by atoms with Gasteiger partial charge in [-0.3, -0.25) is 0 Å². The molecule has 0 saturated carbocycles. The molecule has 0 saturated heterocycles. The molecule has 1 aromatic heterocycles. The summed E-state index contributed by atoms with van der Waals surface area (Å²) in [5, 5.41) is 1.41. The van der Waals surface area contributed by atoms with Crippen molar-refractivity contribution in [2.24, 2.45) is 0 Å². The Bertz CT molecular complexity index is 585. The minimum absolute atomic E-state index is 0.735. The topological polar surface area (TPSA) is 4.93 Å². The molecule has 2 aromatic rings. The smallest absolute Gasteiger partial charge is 0.169 e. The molecule has 0 aliphatic heterocycles. The molecule has 0 bridgehead atoms. The van der Waals surface area contributed by atoms with E-state index in [1.807, 2.05) is 0 Å². The molecule has 21 heavy (non-hydrogen) atoms. The van der Waals surface area contributed by atoms with E-state index in [4.69, 9.17) is 0 Å². The first-order valence-corrected chi connectivity index (χ1v) is 10.6. The molecule has 1 heterocycles. The number of aromatic nitrogens is 1. The van der Waals surface area contributed by atoms with E-state index in [1.54, 1.807) is 0 Å². The first-order valence-electron chi connectivity index (χ1n) is 8.46. The molecular weight excluding hydrogens is 270 g/mol. The highest BCUT2D eigenvalue weighted by atomic mass is 28.3. The van der Waals surface area contributed by atoms with Crippen LogP contribution in [0.5, 0.6) is 0 Å². The van der Waals surface area contributed by atoms with Gasteiger partial charge in [-0.15, -0.1) is 0 Å². The van der Waals surface area contributed by atoms with E-state index >= 15 is 0 Å². The van der Waals surface area contributed by atoms with Gasteiger partial charge in [0.05, 0.1) is 0 Å². The maximum atomic E-state index is 2.70. The molecule has 0 N–H and O–H groups in total. The molecule has 1 nitrogen and oxygen atoms in total. The second-order valence-corrected chi connectivity index (χ2v) is 13.0. The highest BCUT2D eigenvalue weighted by molar-refractivity contribution is 6.82. The molecule has 1 aromatic carbocycles. The molecule has 0 amide bonds. The van der Waals surface area contributed by atoms with Crippen LogP contribution in [0.1, 0.15) is 54.0 Å². The van der Waals surface area contributed by atoms with Gasteiger partial charge in [-0.1, -0.05) is 54.5 Å². The van der Waals surface area contributed by atoms with Crippen molar-refractivity contribution in [2.45, 2.75) is 71.5 Å². The monoisotopic (exact) mass is 301 g/mol. The van der Waals surface area contributed by atoms with Gasteiger partial charge >= 0.3 is 0 Å². The van der Waals surface area contributed by atoms with E-state index < -0.39 is 8.24 Å². The summed E-state index contributed by atoms with van der Waals surface area (Å²) in [5.41, 5.74) is 5.08. The summed E-state index contributed by atoms with van der Waals surface area (Å²) < 4.78 is 2.70. The molecule has 2 heteroatoms. The number of aryl methyl sites for hydroxylation is 1. The summed E-state index contributed by atoms with van der Waals surface area (Å²) in [4.78, 5) is 0. The van der Waals surface area contributed by atoms with E-state index in [2.05, 4.69) is 83.2 Å². The van der Waals surface area contributed by atoms with Gasteiger partial charge in [0, 0.05) is 5.52 Å². The van der Waals surface area contributed by atoms with Crippen molar-refractivity contribution in [1.82, 2.24) is 4.23 Å². The van der Waals surface area contributed by atoms with Crippen molar-refractivity contribution in [1.29, 1.82) is 0 Å². The number of benzene rings is 1. The summed E-state index contributed by atoms with van der Waals surface area (Å²) in [7, 11) is -1.63. The number of hydrogen-bond donors (Lipinski definition) is 0. The van der Waals surface area contributed by atoms with Crippen LogP contribution in [0.4, 0.5) is 0 Å². The Hall–Kier alpha value is -1.02. The fourth-order valence-electron chi connectivity index (χ4n) is 4.58. The minimum atomic E-state index is -1.63. The fraction of sp³-hybridized carbons (Fsp3) is 0.579.